The Bertz CT molecular complexity index is 287. The second-order valence-corrected chi connectivity index (χ2v) is 3.48. The van der Waals surface area contributed by atoms with Crippen molar-refractivity contribution in [1.29, 1.82) is 0 Å². The molecule has 1 aliphatic rings. The molecular formula is C9H11ClN2O. The summed E-state index contributed by atoms with van der Waals surface area (Å²) in [6.07, 6.45) is 5.04. The number of rotatable bonds is 1. The van der Waals surface area contributed by atoms with E-state index in [9.17, 15) is 0 Å². The summed E-state index contributed by atoms with van der Waals surface area (Å²) in [5.74, 6) is 0.715. The largest absolute Gasteiger partial charge is 0.370 e. The number of ether oxygens (including phenoxy) is 1. The zero-order valence-electron chi connectivity index (χ0n) is 7.24. The summed E-state index contributed by atoms with van der Waals surface area (Å²) >= 11 is 5.76. The monoisotopic (exact) mass is 198 g/mol. The van der Waals surface area contributed by atoms with Crippen molar-refractivity contribution in [2.45, 2.75) is 25.4 Å². The number of nitrogens with zero attached hydrogens (tertiary/aromatic N) is 2. The lowest BCUT2D eigenvalue weighted by Crippen LogP contribution is -2.14. The van der Waals surface area contributed by atoms with Crippen LogP contribution in [0.5, 0.6) is 0 Å². The van der Waals surface area contributed by atoms with E-state index in [1.165, 1.54) is 6.42 Å². The van der Waals surface area contributed by atoms with Crippen LogP contribution in [0, 0.1) is 0 Å². The SMILES string of the molecule is Clc1ccnc(C2CCCCO2)n1. The van der Waals surface area contributed by atoms with Crippen molar-refractivity contribution in [1.82, 2.24) is 9.97 Å². The van der Waals surface area contributed by atoms with Crippen LogP contribution in [0.25, 0.3) is 0 Å². The Labute approximate surface area is 82.1 Å². The van der Waals surface area contributed by atoms with Gasteiger partial charge in [0, 0.05) is 12.8 Å². The van der Waals surface area contributed by atoms with Crippen molar-refractivity contribution in [3.05, 3.63) is 23.2 Å². The minimum absolute atomic E-state index is 0.0486. The average molecular weight is 199 g/mol. The van der Waals surface area contributed by atoms with E-state index in [4.69, 9.17) is 16.3 Å². The van der Waals surface area contributed by atoms with Crippen LogP contribution in [0.1, 0.15) is 31.2 Å². The number of aromatic nitrogens is 2. The lowest BCUT2D eigenvalue weighted by Gasteiger charge is -2.20. The van der Waals surface area contributed by atoms with E-state index in [1.54, 1.807) is 12.3 Å². The normalized spacial score (nSPS) is 23.0. The fourth-order valence-electron chi connectivity index (χ4n) is 1.45. The Morgan fingerprint density at radius 3 is 3.08 bits per heavy atom. The summed E-state index contributed by atoms with van der Waals surface area (Å²) < 4.78 is 5.54. The lowest BCUT2D eigenvalue weighted by molar-refractivity contribution is 0.00944. The van der Waals surface area contributed by atoms with Gasteiger partial charge in [0.05, 0.1) is 0 Å². The highest BCUT2D eigenvalue weighted by atomic mass is 35.5. The van der Waals surface area contributed by atoms with E-state index >= 15 is 0 Å². The van der Waals surface area contributed by atoms with Crippen molar-refractivity contribution in [3.63, 3.8) is 0 Å². The first kappa shape index (κ1) is 8.91. The molecule has 1 aromatic rings. The van der Waals surface area contributed by atoms with Gasteiger partial charge in [-0.3, -0.25) is 0 Å². The Hall–Kier alpha value is -0.670. The van der Waals surface area contributed by atoms with Crippen LogP contribution >= 0.6 is 11.6 Å². The zero-order chi connectivity index (χ0) is 9.10. The molecule has 1 saturated heterocycles. The van der Waals surface area contributed by atoms with Crippen LogP contribution in [-0.4, -0.2) is 16.6 Å². The predicted molar refractivity (Wildman–Crippen MR) is 49.6 cm³/mol. The minimum Gasteiger partial charge on any atom is -0.370 e. The van der Waals surface area contributed by atoms with Gasteiger partial charge in [0.25, 0.3) is 0 Å². The molecule has 0 aromatic carbocycles. The van der Waals surface area contributed by atoms with Crippen molar-refractivity contribution < 1.29 is 4.74 Å². The third-order valence-corrected chi connectivity index (χ3v) is 2.32. The molecule has 4 heteroatoms. The molecule has 1 aliphatic heterocycles. The summed E-state index contributed by atoms with van der Waals surface area (Å²) in [6, 6.07) is 1.67. The molecule has 0 aliphatic carbocycles. The highest BCUT2D eigenvalue weighted by Gasteiger charge is 2.18. The van der Waals surface area contributed by atoms with Gasteiger partial charge in [0.15, 0.2) is 5.82 Å². The Morgan fingerprint density at radius 2 is 2.38 bits per heavy atom. The van der Waals surface area contributed by atoms with Crippen molar-refractivity contribution >= 4 is 11.6 Å². The van der Waals surface area contributed by atoms with Crippen LogP contribution in [0.4, 0.5) is 0 Å². The highest BCUT2D eigenvalue weighted by molar-refractivity contribution is 6.29. The standard InChI is InChI=1S/C9H11ClN2O/c10-8-4-5-11-9(12-8)7-3-1-2-6-13-7/h4-5,7H,1-3,6H2. The summed E-state index contributed by atoms with van der Waals surface area (Å²) in [6.45, 7) is 0.806. The summed E-state index contributed by atoms with van der Waals surface area (Å²) in [5, 5.41) is 0.485. The lowest BCUT2D eigenvalue weighted by atomic mass is 10.1. The van der Waals surface area contributed by atoms with Gasteiger partial charge in [-0.15, -0.1) is 0 Å². The van der Waals surface area contributed by atoms with Gasteiger partial charge < -0.3 is 4.74 Å². The van der Waals surface area contributed by atoms with E-state index in [0.29, 0.717) is 11.0 Å². The molecule has 1 atom stereocenters. The molecule has 0 amide bonds. The fourth-order valence-corrected chi connectivity index (χ4v) is 1.59. The molecule has 0 radical (unpaired) electrons. The van der Waals surface area contributed by atoms with Crippen LogP contribution < -0.4 is 0 Å². The first-order chi connectivity index (χ1) is 6.36. The van der Waals surface area contributed by atoms with Crippen LogP contribution in [0.3, 0.4) is 0 Å². The van der Waals surface area contributed by atoms with Crippen molar-refractivity contribution in [3.8, 4) is 0 Å². The molecule has 0 bridgehead atoms. The quantitative estimate of drug-likeness (QED) is 0.650. The van der Waals surface area contributed by atoms with Gasteiger partial charge in [-0.05, 0) is 25.3 Å². The van der Waals surface area contributed by atoms with Gasteiger partial charge >= 0.3 is 0 Å². The summed E-state index contributed by atoms with van der Waals surface area (Å²) in [7, 11) is 0. The summed E-state index contributed by atoms with van der Waals surface area (Å²) in [4.78, 5) is 8.27. The third kappa shape index (κ3) is 2.17. The molecule has 0 saturated carbocycles. The second-order valence-electron chi connectivity index (χ2n) is 3.09. The maximum Gasteiger partial charge on any atom is 0.158 e. The molecule has 1 aromatic heterocycles. The van der Waals surface area contributed by atoms with Gasteiger partial charge in [0.2, 0.25) is 0 Å². The van der Waals surface area contributed by atoms with E-state index in [0.717, 1.165) is 19.4 Å². The molecule has 0 N–H and O–H groups in total. The zero-order valence-corrected chi connectivity index (χ0v) is 8.00. The Kier molecular flexibility index (Phi) is 2.76. The molecule has 13 heavy (non-hydrogen) atoms. The molecule has 70 valence electrons. The maximum absolute atomic E-state index is 5.76. The topological polar surface area (TPSA) is 35.0 Å². The van der Waals surface area contributed by atoms with E-state index in [1.807, 2.05) is 0 Å². The van der Waals surface area contributed by atoms with Gasteiger partial charge in [-0.25, -0.2) is 9.97 Å². The molecule has 2 heterocycles. The molecule has 0 spiro atoms. The second kappa shape index (κ2) is 4.03. The predicted octanol–water partition coefficient (Wildman–Crippen LogP) is 2.37. The molecule has 1 fully saturated rings. The van der Waals surface area contributed by atoms with Crippen molar-refractivity contribution in [2.24, 2.45) is 0 Å². The molecular weight excluding hydrogens is 188 g/mol. The van der Waals surface area contributed by atoms with E-state index in [-0.39, 0.29) is 6.10 Å². The van der Waals surface area contributed by atoms with Gasteiger partial charge in [-0.2, -0.15) is 0 Å². The van der Waals surface area contributed by atoms with Crippen LogP contribution in [0.15, 0.2) is 12.3 Å². The Balaban J connectivity index is 2.14. The van der Waals surface area contributed by atoms with Crippen molar-refractivity contribution in [2.75, 3.05) is 6.61 Å². The number of hydrogen-bond donors (Lipinski definition) is 0. The maximum atomic E-state index is 5.76. The van der Waals surface area contributed by atoms with E-state index < -0.39 is 0 Å². The fraction of sp³-hybridized carbons (Fsp3) is 0.556. The smallest absolute Gasteiger partial charge is 0.158 e. The van der Waals surface area contributed by atoms with E-state index in [2.05, 4.69) is 9.97 Å². The van der Waals surface area contributed by atoms with Crippen LogP contribution in [-0.2, 0) is 4.74 Å². The Morgan fingerprint density at radius 1 is 1.46 bits per heavy atom. The van der Waals surface area contributed by atoms with Gasteiger partial charge in [-0.1, -0.05) is 11.6 Å². The first-order valence-corrected chi connectivity index (χ1v) is 4.84. The molecule has 3 nitrogen and oxygen atoms in total. The molecule has 1 unspecified atom stereocenters. The molecule has 2 rings (SSSR count). The highest BCUT2D eigenvalue weighted by Crippen LogP contribution is 2.25. The third-order valence-electron chi connectivity index (χ3n) is 2.11. The van der Waals surface area contributed by atoms with Crippen LogP contribution in [0.2, 0.25) is 5.15 Å². The summed E-state index contributed by atoms with van der Waals surface area (Å²) in [5.41, 5.74) is 0. The number of hydrogen-bond acceptors (Lipinski definition) is 3. The average Bonchev–Trinajstić information content (AvgIpc) is 2.19. The number of halogens is 1. The minimum atomic E-state index is 0.0486. The first-order valence-electron chi connectivity index (χ1n) is 4.46. The van der Waals surface area contributed by atoms with Gasteiger partial charge in [0.1, 0.15) is 11.3 Å².